The number of azide groups is 2. The number of hydrogen-bond donors (Lipinski definition) is 1. The van der Waals surface area contributed by atoms with Crippen molar-refractivity contribution in [2.24, 2.45) is 33.9 Å². The number of nitrogens with zero attached hydrogens (tertiary/aromatic N) is 7. The number of carbonyl (C=O) groups is 1. The van der Waals surface area contributed by atoms with Gasteiger partial charge in [0.1, 0.15) is 36.6 Å². The van der Waals surface area contributed by atoms with Crippen LogP contribution >= 0.6 is 0 Å². The van der Waals surface area contributed by atoms with Crippen LogP contribution in [0.2, 0.25) is 0 Å². The average molecular weight is 1110 g/mol. The fourth-order valence-electron chi connectivity index (χ4n) is 10.8. The Balaban J connectivity index is 0.000000193. The van der Waals surface area contributed by atoms with Gasteiger partial charge in [0, 0.05) is 37.1 Å². The molecule has 7 aliphatic rings. The average Bonchev–Trinajstić information content (AvgIpc) is 4.08. The second-order valence-electron chi connectivity index (χ2n) is 22.1. The second kappa shape index (κ2) is 30.3. The number of fused-ring (bicyclic) bond motifs is 2. The summed E-state index contributed by atoms with van der Waals surface area (Å²) in [5.41, 5.74) is 20.2. The van der Waals surface area contributed by atoms with E-state index in [9.17, 15) is 15.4 Å². The Bertz CT molecular complexity index is 2220. The van der Waals surface area contributed by atoms with E-state index in [-0.39, 0.29) is 66.5 Å². The first-order chi connectivity index (χ1) is 37.7. The highest BCUT2D eigenvalue weighted by molar-refractivity contribution is 5.46. The van der Waals surface area contributed by atoms with Gasteiger partial charge in [-0.05, 0) is 94.3 Å². The minimum Gasteiger partial charge on any atom is -0.388 e. The van der Waals surface area contributed by atoms with Crippen LogP contribution in [-0.2, 0) is 84.3 Å². The number of aliphatic hydroxyl groups excluding tert-OH is 1. The molecule has 9 rings (SSSR count). The molecule has 23 heteroatoms. The molecule has 23 nitrogen and oxygen atoms in total. The molecule has 0 aromatic heterocycles. The van der Waals surface area contributed by atoms with Crippen molar-refractivity contribution >= 4 is 6.41 Å². The summed E-state index contributed by atoms with van der Waals surface area (Å²) in [7, 11) is 3.14. The van der Waals surface area contributed by atoms with E-state index in [1.165, 1.54) is 0 Å². The quantitative estimate of drug-likeness (QED) is 0.0770. The molecule has 2 aromatic rings. The third-order valence-corrected chi connectivity index (χ3v) is 15.6. The third-order valence-electron chi connectivity index (χ3n) is 15.6. The molecule has 7 fully saturated rings. The molecular formula is C56H87N7O16. The first kappa shape index (κ1) is 64.1. The summed E-state index contributed by atoms with van der Waals surface area (Å²) in [4.78, 5) is 17.8. The summed E-state index contributed by atoms with van der Waals surface area (Å²) < 4.78 is 81.4. The van der Waals surface area contributed by atoms with Gasteiger partial charge in [-0.1, -0.05) is 98.6 Å². The summed E-state index contributed by atoms with van der Waals surface area (Å²) in [6, 6.07) is 19.5. The lowest BCUT2D eigenvalue weighted by Crippen LogP contribution is -2.60. The topological polar surface area (TPSA) is 267 Å². The molecule has 2 aromatic carbocycles. The van der Waals surface area contributed by atoms with Crippen molar-refractivity contribution in [2.45, 2.75) is 199 Å². The summed E-state index contributed by atoms with van der Waals surface area (Å²) in [5, 5.41) is 17.8. The molecule has 0 aliphatic carbocycles. The molecule has 79 heavy (non-hydrogen) atoms. The van der Waals surface area contributed by atoms with Crippen molar-refractivity contribution in [1.82, 2.24) is 4.90 Å². The van der Waals surface area contributed by atoms with Crippen LogP contribution < -0.4 is 0 Å². The van der Waals surface area contributed by atoms with E-state index < -0.39 is 60.9 Å². The van der Waals surface area contributed by atoms with Gasteiger partial charge < -0.3 is 76.3 Å². The summed E-state index contributed by atoms with van der Waals surface area (Å²) in [6.45, 7) is 26.3. The number of methoxy groups -OCH3 is 2. The molecule has 7 heterocycles. The van der Waals surface area contributed by atoms with E-state index in [1.54, 1.807) is 26.0 Å². The Hall–Kier alpha value is -4.07. The Morgan fingerprint density at radius 3 is 1.56 bits per heavy atom. The van der Waals surface area contributed by atoms with Crippen molar-refractivity contribution in [3.8, 4) is 0 Å². The zero-order valence-electron chi connectivity index (χ0n) is 48.3. The van der Waals surface area contributed by atoms with Gasteiger partial charge in [-0.15, -0.1) is 0 Å². The lowest BCUT2D eigenvalue weighted by Gasteiger charge is -2.46. The number of carbonyl (C=O) groups excluding carboxylic acids is 1. The lowest BCUT2D eigenvalue weighted by molar-refractivity contribution is -0.317. The number of hydrogen-bond acceptors (Lipinski definition) is 18. The van der Waals surface area contributed by atoms with Crippen LogP contribution in [0.4, 0.5) is 0 Å². The van der Waals surface area contributed by atoms with E-state index >= 15 is 0 Å². The summed E-state index contributed by atoms with van der Waals surface area (Å²) >= 11 is 0. The SMILES string of the molecule is CC1OC(COCc2ccccc2)C(C)C(C)C1N=[N+]=[N-].COC1OC(C)C(O)C2OC(C)(C)OC12.COC1OC(C)C(OC2OC(COCc3ccccc3)C(C)C(C)C2N=[N+]=[N-])C2OC(C)(C)OC12.O=CN1CCOCC1. The van der Waals surface area contributed by atoms with E-state index in [4.69, 9.17) is 71.8 Å². The predicted octanol–water partition coefficient (Wildman–Crippen LogP) is 7.85. The first-order valence-corrected chi connectivity index (χ1v) is 27.6. The fourth-order valence-corrected chi connectivity index (χ4v) is 10.8. The molecule has 442 valence electrons. The number of morpholine rings is 1. The first-order valence-electron chi connectivity index (χ1n) is 27.6. The number of ether oxygens (including phenoxy) is 14. The van der Waals surface area contributed by atoms with Gasteiger partial charge in [0.2, 0.25) is 6.41 Å². The van der Waals surface area contributed by atoms with E-state index in [0.29, 0.717) is 45.6 Å². The largest absolute Gasteiger partial charge is 0.388 e. The van der Waals surface area contributed by atoms with Gasteiger partial charge in [-0.2, -0.15) is 0 Å². The highest BCUT2D eigenvalue weighted by Crippen LogP contribution is 2.42. The molecule has 1 amide bonds. The highest BCUT2D eigenvalue weighted by Gasteiger charge is 2.57. The lowest BCUT2D eigenvalue weighted by atomic mass is 9.80. The normalized spacial score (nSPS) is 38.0. The Labute approximate surface area is 465 Å². The van der Waals surface area contributed by atoms with Crippen LogP contribution in [0.5, 0.6) is 0 Å². The Morgan fingerprint density at radius 1 is 0.608 bits per heavy atom. The molecule has 0 spiro atoms. The summed E-state index contributed by atoms with van der Waals surface area (Å²) in [6.07, 6.45) is -4.74. The smallest absolute Gasteiger partial charge is 0.209 e. The number of benzene rings is 2. The van der Waals surface area contributed by atoms with Crippen molar-refractivity contribution in [2.75, 3.05) is 53.7 Å². The Kier molecular flexibility index (Phi) is 24.6. The fraction of sp³-hybridized carbons (Fsp3) is 0.768. The van der Waals surface area contributed by atoms with Crippen LogP contribution in [-0.4, -0.2) is 180 Å². The minimum absolute atomic E-state index is 0.00879. The third kappa shape index (κ3) is 17.5. The molecule has 20 unspecified atom stereocenters. The number of aliphatic hydroxyl groups is 1. The maximum atomic E-state index is 10.0. The van der Waals surface area contributed by atoms with E-state index in [2.05, 4.69) is 47.7 Å². The van der Waals surface area contributed by atoms with E-state index in [1.807, 2.05) is 102 Å². The standard InChI is InChI=1S/C25H37N3O7.C16H23N3O2.C10H18O5.C5H9NO2/c1-14-15(2)19(27-28-26)23(32-18(14)13-30-12-17-10-8-7-9-11-17)33-20-16(3)31-24(29-6)22-21(20)34-25(4,5)35-22;1-11-12(2)16(18-19-17)13(3)21-15(11)10-20-9-14-7-5-4-6-8-14;1-5-6(11)7-8(9(12-4)13-5)15-10(2,3)14-7;7-5-6-1-3-8-4-2-6/h7-11,14-16,18-24H,12-13H2,1-6H3;4-8,11-13,15-16H,9-10H2,1-3H3;5-9,11H,1-4H3;5H,1-4H2. The molecule has 1 N–H and O–H groups in total. The van der Waals surface area contributed by atoms with Gasteiger partial charge in [0.25, 0.3) is 0 Å². The molecule has 7 saturated heterocycles. The van der Waals surface area contributed by atoms with Crippen molar-refractivity contribution in [3.63, 3.8) is 0 Å². The highest BCUT2D eigenvalue weighted by atomic mass is 16.8. The maximum absolute atomic E-state index is 10.0. The Morgan fingerprint density at radius 2 is 1.06 bits per heavy atom. The zero-order valence-corrected chi connectivity index (χ0v) is 48.3. The van der Waals surface area contributed by atoms with Crippen molar-refractivity contribution in [3.05, 3.63) is 92.7 Å². The molecular weight excluding hydrogens is 1030 g/mol. The van der Waals surface area contributed by atoms with Gasteiger partial charge in [-0.3, -0.25) is 4.79 Å². The monoisotopic (exact) mass is 1110 g/mol. The second-order valence-corrected chi connectivity index (χ2v) is 22.1. The van der Waals surface area contributed by atoms with Crippen LogP contribution in [0.15, 0.2) is 70.9 Å². The van der Waals surface area contributed by atoms with Crippen LogP contribution in [0.3, 0.4) is 0 Å². The minimum atomic E-state index is -0.811. The van der Waals surface area contributed by atoms with E-state index in [0.717, 1.165) is 30.6 Å². The summed E-state index contributed by atoms with van der Waals surface area (Å²) in [5.74, 6) is -0.816. The predicted molar refractivity (Wildman–Crippen MR) is 287 cm³/mol. The van der Waals surface area contributed by atoms with Crippen molar-refractivity contribution in [1.29, 1.82) is 0 Å². The van der Waals surface area contributed by atoms with Crippen LogP contribution in [0, 0.1) is 23.7 Å². The maximum Gasteiger partial charge on any atom is 0.209 e. The van der Waals surface area contributed by atoms with Gasteiger partial charge in [0.15, 0.2) is 30.4 Å². The number of rotatable bonds is 15. The van der Waals surface area contributed by atoms with Gasteiger partial charge in [0.05, 0.1) is 82.2 Å². The van der Waals surface area contributed by atoms with Crippen LogP contribution in [0.25, 0.3) is 20.9 Å². The zero-order chi connectivity index (χ0) is 57.4. The molecule has 0 bridgehead atoms. The molecule has 0 radical (unpaired) electrons. The molecule has 20 atom stereocenters. The number of amides is 1. The van der Waals surface area contributed by atoms with Gasteiger partial charge in [-0.25, -0.2) is 0 Å². The van der Waals surface area contributed by atoms with Gasteiger partial charge >= 0.3 is 0 Å². The molecule has 7 aliphatic heterocycles. The molecule has 0 saturated carbocycles. The van der Waals surface area contributed by atoms with Crippen molar-refractivity contribution < 1.29 is 76.2 Å². The van der Waals surface area contributed by atoms with Crippen LogP contribution in [0.1, 0.15) is 87.3 Å².